The van der Waals surface area contributed by atoms with Crippen molar-refractivity contribution in [3.63, 3.8) is 0 Å². The highest BCUT2D eigenvalue weighted by atomic mass is 15.0. The van der Waals surface area contributed by atoms with Crippen LogP contribution in [0.25, 0.3) is 34.4 Å². The maximum Gasteiger partial charge on any atom is 0.0956 e. The fourth-order valence-electron chi connectivity index (χ4n) is 2.54. The van der Waals surface area contributed by atoms with Crippen LogP contribution in [0.1, 0.15) is 5.69 Å². The highest BCUT2D eigenvalue weighted by Crippen LogP contribution is 2.34. The van der Waals surface area contributed by atoms with Crippen LogP contribution < -0.4 is 0 Å². The van der Waals surface area contributed by atoms with E-state index in [0.29, 0.717) is 0 Å². The van der Waals surface area contributed by atoms with Crippen molar-refractivity contribution in [3.05, 3.63) is 66.5 Å². The van der Waals surface area contributed by atoms with Crippen molar-refractivity contribution in [2.24, 2.45) is 0 Å². The van der Waals surface area contributed by atoms with Gasteiger partial charge >= 0.3 is 0 Å². The smallest absolute Gasteiger partial charge is 0.0956 e. The van der Waals surface area contributed by atoms with Crippen LogP contribution in [-0.4, -0.2) is 9.55 Å². The van der Waals surface area contributed by atoms with Crippen LogP contribution in [0.3, 0.4) is 0 Å². The lowest BCUT2D eigenvalue weighted by Gasteiger charge is -2.11. The van der Waals surface area contributed by atoms with E-state index in [1.165, 1.54) is 10.9 Å². The maximum atomic E-state index is 4.77. The third-order valence-corrected chi connectivity index (χ3v) is 3.44. The second-order valence-corrected chi connectivity index (χ2v) is 4.59. The van der Waals surface area contributed by atoms with Crippen LogP contribution in [0.5, 0.6) is 0 Å². The van der Waals surface area contributed by atoms with E-state index in [1.807, 2.05) is 36.6 Å². The van der Waals surface area contributed by atoms with Gasteiger partial charge in [-0.3, -0.25) is 0 Å². The molecule has 0 N–H and O–H groups in total. The van der Waals surface area contributed by atoms with E-state index in [0.717, 1.165) is 16.9 Å². The molecule has 0 aliphatic carbocycles. The molecule has 19 heavy (non-hydrogen) atoms. The van der Waals surface area contributed by atoms with Crippen LogP contribution in [-0.2, 0) is 0 Å². The van der Waals surface area contributed by atoms with E-state index >= 15 is 0 Å². The number of hydrogen-bond donors (Lipinski definition) is 0. The molecule has 0 radical (unpaired) electrons. The SMILES string of the molecule is C1=C\C=C/n2ccc3c4ccccc4nc-3c2\C=C/1. The summed E-state index contributed by atoms with van der Waals surface area (Å²) in [6.07, 6.45) is 14.4. The van der Waals surface area contributed by atoms with E-state index < -0.39 is 0 Å². The van der Waals surface area contributed by atoms with Gasteiger partial charge in [0.15, 0.2) is 0 Å². The minimum absolute atomic E-state index is 1.06. The van der Waals surface area contributed by atoms with Gasteiger partial charge in [0.2, 0.25) is 0 Å². The third-order valence-electron chi connectivity index (χ3n) is 3.44. The Morgan fingerprint density at radius 1 is 0.895 bits per heavy atom. The van der Waals surface area contributed by atoms with E-state index in [-0.39, 0.29) is 0 Å². The Hall–Kier alpha value is -2.61. The lowest BCUT2D eigenvalue weighted by molar-refractivity contribution is 1.09. The molecule has 3 heterocycles. The minimum Gasteiger partial charge on any atom is -0.322 e. The first-order valence-corrected chi connectivity index (χ1v) is 6.34. The molecule has 0 fully saturated rings. The molecule has 90 valence electrons. The maximum absolute atomic E-state index is 4.77. The van der Waals surface area contributed by atoms with Gasteiger partial charge in [0.25, 0.3) is 0 Å². The number of allylic oxidation sites excluding steroid dienone is 4. The Morgan fingerprint density at radius 3 is 2.79 bits per heavy atom. The first kappa shape index (κ1) is 10.3. The molecule has 3 aliphatic heterocycles. The molecule has 0 amide bonds. The standard InChI is InChI=1S/C17H12N2/c1-2-6-11-19-12-10-14-13-7-4-5-8-15(13)18-17(14)16(19)9-3-1/h1-12H/b2-1-,9-3-,11-6-. The first-order valence-electron chi connectivity index (χ1n) is 6.34. The molecule has 0 bridgehead atoms. The summed E-state index contributed by atoms with van der Waals surface area (Å²) < 4.78 is 2.11. The van der Waals surface area contributed by atoms with Crippen molar-refractivity contribution < 1.29 is 0 Å². The zero-order valence-electron chi connectivity index (χ0n) is 10.3. The fourth-order valence-corrected chi connectivity index (χ4v) is 2.54. The summed E-state index contributed by atoms with van der Waals surface area (Å²) in [5.41, 5.74) is 4.44. The number of aromatic nitrogens is 2. The molecule has 0 atom stereocenters. The summed E-state index contributed by atoms with van der Waals surface area (Å²) in [5, 5.41) is 1.22. The van der Waals surface area contributed by atoms with Gasteiger partial charge in [-0.15, -0.1) is 0 Å². The Balaban J connectivity index is 2.11. The summed E-state index contributed by atoms with van der Waals surface area (Å²) >= 11 is 0. The molecule has 2 nitrogen and oxygen atoms in total. The summed E-state index contributed by atoms with van der Waals surface area (Å²) in [6.45, 7) is 0. The zero-order chi connectivity index (χ0) is 12.7. The largest absolute Gasteiger partial charge is 0.322 e. The van der Waals surface area contributed by atoms with E-state index in [4.69, 9.17) is 4.98 Å². The monoisotopic (exact) mass is 244 g/mol. The van der Waals surface area contributed by atoms with Crippen LogP contribution >= 0.6 is 0 Å². The van der Waals surface area contributed by atoms with Crippen molar-refractivity contribution in [2.75, 3.05) is 0 Å². The number of nitrogens with zero attached hydrogens (tertiary/aromatic N) is 2. The summed E-state index contributed by atoms with van der Waals surface area (Å²) in [5.74, 6) is 0. The summed E-state index contributed by atoms with van der Waals surface area (Å²) in [4.78, 5) is 4.77. The van der Waals surface area contributed by atoms with Gasteiger partial charge in [0.1, 0.15) is 0 Å². The topological polar surface area (TPSA) is 17.8 Å². The molecule has 4 rings (SSSR count). The molecule has 0 unspecified atom stereocenters. The Bertz CT molecular complexity index is 819. The number of pyridine rings is 1. The predicted molar refractivity (Wildman–Crippen MR) is 79.9 cm³/mol. The fraction of sp³-hybridized carbons (Fsp3) is 0. The van der Waals surface area contributed by atoms with Gasteiger partial charge in [-0.1, -0.05) is 36.4 Å². The number of para-hydroxylation sites is 1. The third kappa shape index (κ3) is 1.54. The molecule has 0 saturated carbocycles. The molecule has 0 saturated heterocycles. The van der Waals surface area contributed by atoms with Crippen molar-refractivity contribution in [1.29, 1.82) is 0 Å². The molecular formula is C17H12N2. The highest BCUT2D eigenvalue weighted by Gasteiger charge is 2.15. The van der Waals surface area contributed by atoms with E-state index in [1.54, 1.807) is 0 Å². The Labute approximate surface area is 111 Å². The van der Waals surface area contributed by atoms with Crippen LogP contribution in [0, 0.1) is 0 Å². The normalized spacial score (nSPS) is 18.7. The summed E-state index contributed by atoms with van der Waals surface area (Å²) in [6, 6.07) is 10.4. The van der Waals surface area contributed by atoms with Gasteiger partial charge < -0.3 is 4.57 Å². The van der Waals surface area contributed by atoms with Gasteiger partial charge in [-0.05, 0) is 24.3 Å². The van der Waals surface area contributed by atoms with Crippen molar-refractivity contribution in [1.82, 2.24) is 9.55 Å². The molecule has 3 aliphatic rings. The second kappa shape index (κ2) is 3.95. The zero-order valence-corrected chi connectivity index (χ0v) is 10.3. The van der Waals surface area contributed by atoms with Crippen molar-refractivity contribution >= 4 is 23.2 Å². The molecule has 0 spiro atoms. The number of hydrogen-bond acceptors (Lipinski definition) is 1. The summed E-state index contributed by atoms with van der Waals surface area (Å²) in [7, 11) is 0. The lowest BCUT2D eigenvalue weighted by atomic mass is 10.1. The minimum atomic E-state index is 1.06. The Morgan fingerprint density at radius 2 is 1.79 bits per heavy atom. The number of rotatable bonds is 0. The highest BCUT2D eigenvalue weighted by molar-refractivity contribution is 5.99. The van der Waals surface area contributed by atoms with Gasteiger partial charge in [0.05, 0.1) is 16.9 Å². The lowest BCUT2D eigenvalue weighted by Crippen LogP contribution is -1.98. The molecule has 0 aromatic heterocycles. The van der Waals surface area contributed by atoms with Crippen molar-refractivity contribution in [2.45, 2.75) is 0 Å². The quantitative estimate of drug-likeness (QED) is 0.579. The first-order chi connectivity index (χ1) is 9.43. The number of fused-ring (bicyclic) bond motifs is 5. The average molecular weight is 244 g/mol. The second-order valence-electron chi connectivity index (χ2n) is 4.59. The number of benzene rings is 1. The molecule has 1 aromatic rings. The van der Waals surface area contributed by atoms with E-state index in [2.05, 4.69) is 41.1 Å². The van der Waals surface area contributed by atoms with E-state index in [9.17, 15) is 0 Å². The van der Waals surface area contributed by atoms with Gasteiger partial charge in [0, 0.05) is 23.3 Å². The van der Waals surface area contributed by atoms with Crippen LogP contribution in [0.2, 0.25) is 0 Å². The van der Waals surface area contributed by atoms with Crippen molar-refractivity contribution in [3.8, 4) is 11.3 Å². The predicted octanol–water partition coefficient (Wildman–Crippen LogP) is 4.19. The van der Waals surface area contributed by atoms with Gasteiger partial charge in [-0.2, -0.15) is 0 Å². The average Bonchev–Trinajstić information content (AvgIpc) is 2.77. The Kier molecular flexibility index (Phi) is 2.15. The van der Waals surface area contributed by atoms with Crippen LogP contribution in [0.15, 0.2) is 60.8 Å². The van der Waals surface area contributed by atoms with Gasteiger partial charge in [-0.25, -0.2) is 4.98 Å². The van der Waals surface area contributed by atoms with Crippen LogP contribution in [0.4, 0.5) is 0 Å². The molecule has 1 aromatic carbocycles. The molecule has 2 heteroatoms. The molecular weight excluding hydrogens is 232 g/mol.